The van der Waals surface area contributed by atoms with Gasteiger partial charge in [0.1, 0.15) is 5.60 Å². The number of aliphatic hydroxyl groups is 1. The summed E-state index contributed by atoms with van der Waals surface area (Å²) >= 11 is 5.85. The number of aliphatic hydroxyl groups excluding tert-OH is 1. The predicted molar refractivity (Wildman–Crippen MR) is 75.3 cm³/mol. The summed E-state index contributed by atoms with van der Waals surface area (Å²) in [6.07, 6.45) is -0.737. The van der Waals surface area contributed by atoms with E-state index in [4.69, 9.17) is 16.3 Å². The third kappa shape index (κ3) is 6.45. The molecule has 1 aromatic carbocycles. The van der Waals surface area contributed by atoms with Gasteiger partial charge in [0, 0.05) is 11.6 Å². The molecule has 0 fully saturated rings. The zero-order valence-corrected chi connectivity index (χ0v) is 12.2. The Morgan fingerprint density at radius 1 is 1.47 bits per heavy atom. The van der Waals surface area contributed by atoms with E-state index in [1.165, 1.54) is 0 Å². The summed E-state index contributed by atoms with van der Waals surface area (Å²) in [4.78, 5) is 11.4. The Bertz CT molecular complexity index is 429. The third-order valence-corrected chi connectivity index (χ3v) is 2.55. The van der Waals surface area contributed by atoms with Crippen LogP contribution in [0.25, 0.3) is 0 Å². The van der Waals surface area contributed by atoms with Crippen LogP contribution in [0, 0.1) is 0 Å². The first-order valence-electron chi connectivity index (χ1n) is 6.18. The van der Waals surface area contributed by atoms with Crippen LogP contribution in [0.4, 0.5) is 4.79 Å². The van der Waals surface area contributed by atoms with Crippen molar-refractivity contribution in [1.82, 2.24) is 5.32 Å². The highest BCUT2D eigenvalue weighted by atomic mass is 35.5. The second-order valence-corrected chi connectivity index (χ2v) is 5.72. The van der Waals surface area contributed by atoms with Gasteiger partial charge in [0.15, 0.2) is 0 Å². The second kappa shape index (κ2) is 6.78. The fourth-order valence-corrected chi connectivity index (χ4v) is 1.70. The average Bonchev–Trinajstić information content (AvgIpc) is 2.26. The highest BCUT2D eigenvalue weighted by Crippen LogP contribution is 2.19. The molecule has 106 valence electrons. The van der Waals surface area contributed by atoms with Gasteiger partial charge in [0.05, 0.1) is 6.10 Å². The molecule has 0 saturated carbocycles. The number of amides is 1. The van der Waals surface area contributed by atoms with Gasteiger partial charge in [-0.2, -0.15) is 0 Å². The number of ether oxygens (including phenoxy) is 1. The Morgan fingerprint density at radius 3 is 2.74 bits per heavy atom. The van der Waals surface area contributed by atoms with Gasteiger partial charge in [-0.3, -0.25) is 0 Å². The van der Waals surface area contributed by atoms with Gasteiger partial charge in [-0.15, -0.1) is 0 Å². The number of carbonyl (C=O) groups excluding carboxylic acids is 1. The summed E-state index contributed by atoms with van der Waals surface area (Å²) in [5.74, 6) is 0. The highest BCUT2D eigenvalue weighted by molar-refractivity contribution is 6.30. The van der Waals surface area contributed by atoms with E-state index < -0.39 is 17.8 Å². The number of carbonyl (C=O) groups is 1. The van der Waals surface area contributed by atoms with E-state index in [2.05, 4.69) is 5.32 Å². The molecule has 2 N–H and O–H groups in total. The van der Waals surface area contributed by atoms with Crippen LogP contribution in [-0.2, 0) is 4.74 Å². The largest absolute Gasteiger partial charge is 0.444 e. The molecule has 0 bridgehead atoms. The minimum absolute atomic E-state index is 0.336. The van der Waals surface area contributed by atoms with Gasteiger partial charge < -0.3 is 15.2 Å². The molecule has 5 heteroatoms. The molecule has 1 atom stereocenters. The molecule has 0 aliphatic carbocycles. The Labute approximate surface area is 118 Å². The van der Waals surface area contributed by atoms with Crippen LogP contribution < -0.4 is 5.32 Å². The van der Waals surface area contributed by atoms with Crippen LogP contribution in [0.5, 0.6) is 0 Å². The topological polar surface area (TPSA) is 58.6 Å². The number of hydrogen-bond donors (Lipinski definition) is 2. The van der Waals surface area contributed by atoms with Crippen LogP contribution in [-0.4, -0.2) is 23.3 Å². The van der Waals surface area contributed by atoms with Crippen molar-refractivity contribution in [2.45, 2.75) is 38.9 Å². The van der Waals surface area contributed by atoms with Crippen molar-refractivity contribution in [3.63, 3.8) is 0 Å². The first kappa shape index (κ1) is 15.8. The molecular formula is C14H20ClNO3. The Hall–Kier alpha value is -1.26. The van der Waals surface area contributed by atoms with Gasteiger partial charge in [-0.1, -0.05) is 23.7 Å². The van der Waals surface area contributed by atoms with E-state index in [1.807, 2.05) is 0 Å². The molecule has 1 amide bonds. The van der Waals surface area contributed by atoms with Crippen LogP contribution in [0.15, 0.2) is 24.3 Å². The molecule has 1 aromatic rings. The molecular weight excluding hydrogens is 266 g/mol. The normalized spacial score (nSPS) is 12.9. The van der Waals surface area contributed by atoms with Gasteiger partial charge in [-0.05, 0) is 44.9 Å². The number of hydrogen-bond acceptors (Lipinski definition) is 3. The summed E-state index contributed by atoms with van der Waals surface area (Å²) in [5.41, 5.74) is 0.217. The van der Waals surface area contributed by atoms with Crippen molar-refractivity contribution in [2.75, 3.05) is 6.54 Å². The van der Waals surface area contributed by atoms with Crippen molar-refractivity contribution in [1.29, 1.82) is 0 Å². The number of rotatable bonds is 4. The lowest BCUT2D eigenvalue weighted by molar-refractivity contribution is 0.0518. The molecule has 4 nitrogen and oxygen atoms in total. The quantitative estimate of drug-likeness (QED) is 0.892. The molecule has 0 radical (unpaired) electrons. The lowest BCUT2D eigenvalue weighted by atomic mass is 10.1. The second-order valence-electron chi connectivity index (χ2n) is 5.29. The Kier molecular flexibility index (Phi) is 5.63. The Balaban J connectivity index is 2.35. The lowest BCUT2D eigenvalue weighted by Gasteiger charge is -2.20. The summed E-state index contributed by atoms with van der Waals surface area (Å²) in [6.45, 7) is 5.73. The molecule has 0 aromatic heterocycles. The molecule has 0 aliphatic rings. The Morgan fingerprint density at radius 2 is 2.16 bits per heavy atom. The third-order valence-electron chi connectivity index (χ3n) is 2.32. The SMILES string of the molecule is CC(C)(C)OC(=O)NCCC(O)c1cccc(Cl)c1. The van der Waals surface area contributed by atoms with Crippen molar-refractivity contribution in [2.24, 2.45) is 0 Å². The van der Waals surface area contributed by atoms with Crippen LogP contribution in [0.1, 0.15) is 38.9 Å². The number of nitrogens with one attached hydrogen (secondary N) is 1. The minimum atomic E-state index is -0.659. The lowest BCUT2D eigenvalue weighted by Crippen LogP contribution is -2.33. The smallest absolute Gasteiger partial charge is 0.407 e. The zero-order valence-electron chi connectivity index (χ0n) is 11.4. The van der Waals surface area contributed by atoms with Gasteiger partial charge >= 0.3 is 6.09 Å². The van der Waals surface area contributed by atoms with Gasteiger partial charge in [0.25, 0.3) is 0 Å². The summed E-state index contributed by atoms with van der Waals surface area (Å²) in [7, 11) is 0. The first-order chi connectivity index (χ1) is 8.78. The molecule has 0 aliphatic heterocycles. The molecule has 0 spiro atoms. The number of halogens is 1. The summed E-state index contributed by atoms with van der Waals surface area (Å²) in [5, 5.41) is 13.1. The van der Waals surface area contributed by atoms with E-state index >= 15 is 0 Å². The molecule has 0 heterocycles. The van der Waals surface area contributed by atoms with E-state index in [0.29, 0.717) is 18.0 Å². The standard InChI is InChI=1S/C14H20ClNO3/c1-14(2,3)19-13(18)16-8-7-12(17)10-5-4-6-11(15)9-10/h4-6,9,12,17H,7-8H2,1-3H3,(H,16,18). The maximum Gasteiger partial charge on any atom is 0.407 e. The van der Waals surface area contributed by atoms with Gasteiger partial charge in [0.2, 0.25) is 0 Å². The van der Waals surface area contributed by atoms with Crippen LogP contribution in [0.3, 0.4) is 0 Å². The monoisotopic (exact) mass is 285 g/mol. The van der Waals surface area contributed by atoms with E-state index in [-0.39, 0.29) is 0 Å². The number of benzene rings is 1. The first-order valence-corrected chi connectivity index (χ1v) is 6.56. The zero-order chi connectivity index (χ0) is 14.5. The minimum Gasteiger partial charge on any atom is -0.444 e. The van der Waals surface area contributed by atoms with E-state index in [0.717, 1.165) is 5.56 Å². The highest BCUT2D eigenvalue weighted by Gasteiger charge is 2.16. The fourth-order valence-electron chi connectivity index (χ4n) is 1.51. The summed E-state index contributed by atoms with van der Waals surface area (Å²) < 4.78 is 5.09. The maximum atomic E-state index is 11.4. The van der Waals surface area contributed by atoms with Crippen molar-refractivity contribution in [3.8, 4) is 0 Å². The van der Waals surface area contributed by atoms with Crippen LogP contribution >= 0.6 is 11.6 Å². The average molecular weight is 286 g/mol. The van der Waals surface area contributed by atoms with Crippen molar-refractivity contribution in [3.05, 3.63) is 34.9 Å². The molecule has 1 rings (SSSR count). The van der Waals surface area contributed by atoms with Crippen molar-refractivity contribution >= 4 is 17.7 Å². The van der Waals surface area contributed by atoms with Crippen LogP contribution in [0.2, 0.25) is 5.02 Å². The maximum absolute atomic E-state index is 11.4. The summed E-state index contributed by atoms with van der Waals surface area (Å²) in [6, 6.07) is 7.03. The predicted octanol–water partition coefficient (Wildman–Crippen LogP) is 3.29. The molecule has 1 unspecified atom stereocenters. The van der Waals surface area contributed by atoms with E-state index in [9.17, 15) is 9.90 Å². The fraction of sp³-hybridized carbons (Fsp3) is 0.500. The van der Waals surface area contributed by atoms with Crippen molar-refractivity contribution < 1.29 is 14.6 Å². The molecule has 19 heavy (non-hydrogen) atoms. The van der Waals surface area contributed by atoms with Gasteiger partial charge in [-0.25, -0.2) is 4.79 Å². The number of alkyl carbamates (subject to hydrolysis) is 1. The molecule has 0 saturated heterocycles. The van der Waals surface area contributed by atoms with E-state index in [1.54, 1.807) is 45.0 Å².